The molecule has 1 aromatic rings. The van der Waals surface area contributed by atoms with Crippen LogP contribution in [0.5, 0.6) is 0 Å². The molecule has 0 bridgehead atoms. The number of carbonyl (C=O) groups is 1. The van der Waals surface area contributed by atoms with E-state index in [1.54, 1.807) is 0 Å². The molecule has 0 atom stereocenters. The first-order valence-corrected chi connectivity index (χ1v) is 3.28. The van der Waals surface area contributed by atoms with Crippen LogP contribution >= 0.6 is 0 Å². The molecule has 64 valence electrons. The molecule has 0 aliphatic carbocycles. The van der Waals surface area contributed by atoms with Crippen LogP contribution in [-0.4, -0.2) is 5.91 Å². The van der Waals surface area contributed by atoms with E-state index in [2.05, 4.69) is 0 Å². The summed E-state index contributed by atoms with van der Waals surface area (Å²) in [5.74, 6) is -2.46. The van der Waals surface area contributed by atoms with E-state index in [4.69, 9.17) is 5.73 Å². The number of carbonyl (C=O) groups excluding carboxylic acids is 1. The van der Waals surface area contributed by atoms with E-state index in [1.165, 1.54) is 6.92 Å². The Morgan fingerprint density at radius 2 is 2.00 bits per heavy atom. The number of amides is 1. The summed E-state index contributed by atoms with van der Waals surface area (Å²) in [4.78, 5) is 10.5. The Hall–Kier alpha value is -1.45. The molecule has 0 heterocycles. The summed E-state index contributed by atoms with van der Waals surface area (Å²) in [6.07, 6.45) is 0. The van der Waals surface area contributed by atoms with Crippen molar-refractivity contribution in [2.24, 2.45) is 5.73 Å². The molecule has 0 aliphatic heterocycles. The Kier molecular flexibility index (Phi) is 2.08. The summed E-state index contributed by atoms with van der Waals surface area (Å²) in [6, 6.07) is 2.04. The van der Waals surface area contributed by atoms with Gasteiger partial charge in [-0.15, -0.1) is 0 Å². The summed E-state index contributed by atoms with van der Waals surface area (Å²) in [6.45, 7) is 1.25. The highest BCUT2D eigenvalue weighted by molar-refractivity contribution is 5.93. The minimum Gasteiger partial charge on any atom is -0.366 e. The first kappa shape index (κ1) is 8.64. The lowest BCUT2D eigenvalue weighted by Crippen LogP contribution is -2.14. The molecule has 1 aromatic carbocycles. The largest absolute Gasteiger partial charge is 0.366 e. The lowest BCUT2D eigenvalue weighted by atomic mass is 10.1. The highest BCUT2D eigenvalue weighted by Crippen LogP contribution is 2.14. The summed E-state index contributed by atoms with van der Waals surface area (Å²) < 4.78 is 25.6. The maximum absolute atomic E-state index is 13.0. The highest BCUT2D eigenvalue weighted by atomic mass is 19.1. The third-order valence-electron chi connectivity index (χ3n) is 1.59. The van der Waals surface area contributed by atoms with Crippen LogP contribution in [0.2, 0.25) is 0 Å². The number of hydrogen-bond acceptors (Lipinski definition) is 1. The average molecular weight is 171 g/mol. The van der Waals surface area contributed by atoms with Gasteiger partial charge in [-0.1, -0.05) is 0 Å². The van der Waals surface area contributed by atoms with Crippen molar-refractivity contribution in [3.05, 3.63) is 34.9 Å². The first-order valence-electron chi connectivity index (χ1n) is 3.28. The lowest BCUT2D eigenvalue weighted by Gasteiger charge is -2.01. The van der Waals surface area contributed by atoms with Crippen molar-refractivity contribution in [2.75, 3.05) is 0 Å². The van der Waals surface area contributed by atoms with Gasteiger partial charge in [0, 0.05) is 5.56 Å². The fourth-order valence-corrected chi connectivity index (χ4v) is 0.852. The second-order valence-electron chi connectivity index (χ2n) is 2.40. The molecule has 0 saturated heterocycles. The first-order chi connectivity index (χ1) is 5.54. The van der Waals surface area contributed by atoms with Crippen molar-refractivity contribution < 1.29 is 13.6 Å². The van der Waals surface area contributed by atoms with Crippen LogP contribution < -0.4 is 5.73 Å². The number of nitrogens with two attached hydrogens (primary N) is 1. The number of benzene rings is 1. The maximum atomic E-state index is 13.0. The molecule has 1 amide bonds. The highest BCUT2D eigenvalue weighted by Gasteiger charge is 2.12. The molecule has 2 nitrogen and oxygen atoms in total. The van der Waals surface area contributed by atoms with E-state index < -0.39 is 17.5 Å². The van der Waals surface area contributed by atoms with Crippen LogP contribution in [0, 0.1) is 18.6 Å². The fourth-order valence-electron chi connectivity index (χ4n) is 0.852. The van der Waals surface area contributed by atoms with Crippen LogP contribution in [0.4, 0.5) is 8.78 Å². The van der Waals surface area contributed by atoms with Crippen molar-refractivity contribution in [3.8, 4) is 0 Å². The number of rotatable bonds is 1. The molecule has 0 fully saturated rings. The quantitative estimate of drug-likeness (QED) is 0.681. The van der Waals surface area contributed by atoms with Crippen LogP contribution in [0.15, 0.2) is 12.1 Å². The van der Waals surface area contributed by atoms with Gasteiger partial charge in [0.05, 0.1) is 5.56 Å². The van der Waals surface area contributed by atoms with E-state index in [1.807, 2.05) is 0 Å². The van der Waals surface area contributed by atoms with Gasteiger partial charge in [-0.2, -0.15) is 0 Å². The van der Waals surface area contributed by atoms with Crippen molar-refractivity contribution in [2.45, 2.75) is 6.92 Å². The van der Waals surface area contributed by atoms with Crippen molar-refractivity contribution in [1.82, 2.24) is 0 Å². The Morgan fingerprint density at radius 3 is 2.50 bits per heavy atom. The van der Waals surface area contributed by atoms with Gasteiger partial charge in [0.15, 0.2) is 0 Å². The van der Waals surface area contributed by atoms with E-state index in [0.29, 0.717) is 0 Å². The normalized spacial score (nSPS) is 9.92. The predicted octanol–water partition coefficient (Wildman–Crippen LogP) is 1.37. The molecule has 0 aromatic heterocycles. The SMILES string of the molecule is Cc1c(F)ccc(C(N)=O)c1F. The number of halogens is 2. The third-order valence-corrected chi connectivity index (χ3v) is 1.59. The minimum atomic E-state index is -0.893. The number of primary amides is 1. The smallest absolute Gasteiger partial charge is 0.251 e. The van der Waals surface area contributed by atoms with Gasteiger partial charge in [0.1, 0.15) is 11.6 Å². The fraction of sp³-hybridized carbons (Fsp3) is 0.125. The van der Waals surface area contributed by atoms with Gasteiger partial charge in [-0.3, -0.25) is 4.79 Å². The van der Waals surface area contributed by atoms with E-state index >= 15 is 0 Å². The second-order valence-corrected chi connectivity index (χ2v) is 2.40. The standard InChI is InChI=1S/C8H7F2NO/c1-4-6(9)3-2-5(7(4)10)8(11)12/h2-3H,1H3,(H2,11,12). The second kappa shape index (κ2) is 2.89. The Morgan fingerprint density at radius 1 is 1.42 bits per heavy atom. The monoisotopic (exact) mass is 171 g/mol. The zero-order chi connectivity index (χ0) is 9.30. The van der Waals surface area contributed by atoms with Gasteiger partial charge >= 0.3 is 0 Å². The summed E-state index contributed by atoms with van der Waals surface area (Å²) in [5.41, 5.74) is 4.36. The maximum Gasteiger partial charge on any atom is 0.251 e. The molecule has 1 rings (SSSR count). The summed E-state index contributed by atoms with van der Waals surface area (Å²) in [5, 5.41) is 0. The van der Waals surface area contributed by atoms with Crippen molar-refractivity contribution >= 4 is 5.91 Å². The van der Waals surface area contributed by atoms with E-state index in [9.17, 15) is 13.6 Å². The Balaban J connectivity index is 3.36. The average Bonchev–Trinajstić information content (AvgIpc) is 2.00. The molecule has 12 heavy (non-hydrogen) atoms. The predicted molar refractivity (Wildman–Crippen MR) is 39.6 cm³/mol. The lowest BCUT2D eigenvalue weighted by molar-refractivity contribution is 0.0996. The minimum absolute atomic E-state index is 0.189. The van der Waals surface area contributed by atoms with Gasteiger partial charge < -0.3 is 5.73 Å². The Labute approximate surface area is 68.0 Å². The number of hydrogen-bond donors (Lipinski definition) is 1. The van der Waals surface area contributed by atoms with E-state index in [0.717, 1.165) is 12.1 Å². The van der Waals surface area contributed by atoms with Gasteiger partial charge in [0.2, 0.25) is 0 Å². The van der Waals surface area contributed by atoms with Gasteiger partial charge in [0.25, 0.3) is 5.91 Å². The van der Waals surface area contributed by atoms with Crippen LogP contribution in [0.1, 0.15) is 15.9 Å². The van der Waals surface area contributed by atoms with E-state index in [-0.39, 0.29) is 11.1 Å². The third kappa shape index (κ3) is 1.28. The molecule has 0 spiro atoms. The van der Waals surface area contributed by atoms with Crippen LogP contribution in [0.3, 0.4) is 0 Å². The zero-order valence-electron chi connectivity index (χ0n) is 6.40. The van der Waals surface area contributed by atoms with Crippen molar-refractivity contribution in [1.29, 1.82) is 0 Å². The molecular weight excluding hydrogens is 164 g/mol. The molecule has 0 aliphatic rings. The molecular formula is C8H7F2NO. The topological polar surface area (TPSA) is 43.1 Å². The Bertz CT molecular complexity index is 336. The summed E-state index contributed by atoms with van der Waals surface area (Å²) >= 11 is 0. The molecule has 0 unspecified atom stereocenters. The van der Waals surface area contributed by atoms with Gasteiger partial charge in [-0.25, -0.2) is 8.78 Å². The van der Waals surface area contributed by atoms with Crippen LogP contribution in [0.25, 0.3) is 0 Å². The van der Waals surface area contributed by atoms with Crippen molar-refractivity contribution in [3.63, 3.8) is 0 Å². The zero-order valence-corrected chi connectivity index (χ0v) is 6.40. The van der Waals surface area contributed by atoms with Gasteiger partial charge in [-0.05, 0) is 19.1 Å². The molecule has 0 saturated carbocycles. The summed E-state index contributed by atoms with van der Waals surface area (Å²) in [7, 11) is 0. The molecule has 2 N–H and O–H groups in total. The van der Waals surface area contributed by atoms with Crippen LogP contribution in [-0.2, 0) is 0 Å². The molecule has 0 radical (unpaired) electrons. The molecule has 4 heteroatoms.